The van der Waals surface area contributed by atoms with Gasteiger partial charge in [-0.2, -0.15) is 0 Å². The summed E-state index contributed by atoms with van der Waals surface area (Å²) in [6, 6.07) is 9.68. The molecular formula is C20H26O3. The summed E-state index contributed by atoms with van der Waals surface area (Å²) < 4.78 is 12.4. The minimum Gasteiger partial charge on any atom is -0.348 e. The molecule has 1 aromatic rings. The Morgan fingerprint density at radius 3 is 2.65 bits per heavy atom. The first kappa shape index (κ1) is 15.3. The zero-order valence-corrected chi connectivity index (χ0v) is 14.2. The Labute approximate surface area is 138 Å². The van der Waals surface area contributed by atoms with Gasteiger partial charge in [0.25, 0.3) is 0 Å². The normalized spacial score (nSPS) is 41.7. The summed E-state index contributed by atoms with van der Waals surface area (Å²) in [4.78, 5) is 11.5. The third-order valence-corrected chi connectivity index (χ3v) is 7.22. The van der Waals surface area contributed by atoms with Crippen molar-refractivity contribution in [3.05, 3.63) is 35.9 Å². The molecule has 3 fully saturated rings. The molecule has 1 aliphatic heterocycles. The first-order chi connectivity index (χ1) is 11.0. The van der Waals surface area contributed by atoms with E-state index in [1.165, 1.54) is 12.8 Å². The summed E-state index contributed by atoms with van der Waals surface area (Å²) >= 11 is 0. The molecule has 124 valence electrons. The smallest absolute Gasteiger partial charge is 0.159 e. The van der Waals surface area contributed by atoms with Gasteiger partial charge in [-0.3, -0.25) is 0 Å². The average molecular weight is 314 g/mol. The van der Waals surface area contributed by atoms with Crippen LogP contribution in [0.3, 0.4) is 0 Å². The highest BCUT2D eigenvalue weighted by atomic mass is 16.7. The predicted octanol–water partition coefficient (Wildman–Crippen LogP) is 4.13. The molecule has 1 saturated heterocycles. The quantitative estimate of drug-likeness (QED) is 0.784. The molecule has 2 bridgehead atoms. The second kappa shape index (κ2) is 5.15. The van der Waals surface area contributed by atoms with E-state index in [4.69, 9.17) is 9.47 Å². The number of carbonyl (C=O) groups is 1. The zero-order chi connectivity index (χ0) is 16.2. The summed E-state index contributed by atoms with van der Waals surface area (Å²) in [5.74, 6) is 1.30. The van der Waals surface area contributed by atoms with Gasteiger partial charge in [-0.05, 0) is 41.1 Å². The van der Waals surface area contributed by atoms with E-state index in [1.54, 1.807) is 0 Å². The van der Waals surface area contributed by atoms with E-state index < -0.39 is 6.10 Å². The van der Waals surface area contributed by atoms with Crippen molar-refractivity contribution in [2.75, 3.05) is 0 Å². The Morgan fingerprint density at radius 1 is 1.26 bits per heavy atom. The summed E-state index contributed by atoms with van der Waals surface area (Å²) in [5, 5.41) is 0. The number of hydrogen-bond acceptors (Lipinski definition) is 3. The van der Waals surface area contributed by atoms with Crippen molar-refractivity contribution in [1.29, 1.82) is 0 Å². The SMILES string of the molecule is CC1(C)[C@@H]2CC[C@@]1(C)[C@@H]1O[C@@H](O[C@@H](C=O)c3ccccc3)C[C@H]21. The fraction of sp³-hybridized carbons (Fsp3) is 0.650. The van der Waals surface area contributed by atoms with E-state index in [9.17, 15) is 4.79 Å². The van der Waals surface area contributed by atoms with Crippen LogP contribution in [0.25, 0.3) is 0 Å². The molecular weight excluding hydrogens is 288 g/mol. The fourth-order valence-corrected chi connectivity index (χ4v) is 5.57. The Hall–Kier alpha value is -1.19. The summed E-state index contributed by atoms with van der Waals surface area (Å²) in [7, 11) is 0. The number of aldehydes is 1. The maximum Gasteiger partial charge on any atom is 0.159 e. The van der Waals surface area contributed by atoms with Gasteiger partial charge in [-0.15, -0.1) is 0 Å². The van der Waals surface area contributed by atoms with E-state index in [0.717, 1.165) is 24.2 Å². The van der Waals surface area contributed by atoms with E-state index in [2.05, 4.69) is 20.8 Å². The first-order valence-electron chi connectivity index (χ1n) is 8.78. The van der Waals surface area contributed by atoms with Crippen molar-refractivity contribution in [3.8, 4) is 0 Å². The molecule has 0 amide bonds. The molecule has 0 unspecified atom stereocenters. The number of carbonyl (C=O) groups excluding carboxylic acids is 1. The van der Waals surface area contributed by atoms with Crippen LogP contribution in [0.2, 0.25) is 0 Å². The van der Waals surface area contributed by atoms with Crippen molar-refractivity contribution < 1.29 is 14.3 Å². The van der Waals surface area contributed by atoms with Crippen LogP contribution in [0, 0.1) is 22.7 Å². The molecule has 3 aliphatic rings. The van der Waals surface area contributed by atoms with E-state index >= 15 is 0 Å². The van der Waals surface area contributed by atoms with Crippen LogP contribution < -0.4 is 0 Å². The van der Waals surface area contributed by atoms with E-state index in [0.29, 0.717) is 11.3 Å². The molecule has 6 atom stereocenters. The Morgan fingerprint density at radius 2 is 2.00 bits per heavy atom. The number of fused-ring (bicyclic) bond motifs is 5. The predicted molar refractivity (Wildman–Crippen MR) is 87.7 cm³/mol. The molecule has 1 aromatic carbocycles. The van der Waals surface area contributed by atoms with Crippen molar-refractivity contribution in [2.24, 2.45) is 22.7 Å². The monoisotopic (exact) mass is 314 g/mol. The minimum atomic E-state index is -0.529. The standard InChI is InChI=1S/C20H26O3/c1-19(2)15-9-10-20(19,3)18-14(15)11-17(23-18)22-16(12-21)13-7-5-4-6-8-13/h4-8,12,14-18H,9-11H2,1-3H3/t14-,15-,16+,17-,18-,20+/m1/s1. The maximum absolute atomic E-state index is 11.5. The van der Waals surface area contributed by atoms with E-state index in [1.807, 2.05) is 30.3 Å². The summed E-state index contributed by atoms with van der Waals surface area (Å²) in [5.41, 5.74) is 1.48. The van der Waals surface area contributed by atoms with Gasteiger partial charge in [0.15, 0.2) is 12.6 Å². The highest BCUT2D eigenvalue weighted by Gasteiger charge is 2.69. The summed E-state index contributed by atoms with van der Waals surface area (Å²) in [6.07, 6.45) is 3.85. The van der Waals surface area contributed by atoms with Crippen LogP contribution >= 0.6 is 0 Å². The Balaban J connectivity index is 1.50. The molecule has 3 nitrogen and oxygen atoms in total. The highest BCUT2D eigenvalue weighted by Crippen LogP contribution is 2.71. The fourth-order valence-electron chi connectivity index (χ4n) is 5.57. The lowest BCUT2D eigenvalue weighted by Crippen LogP contribution is -2.38. The molecule has 4 rings (SSSR count). The van der Waals surface area contributed by atoms with Crippen LogP contribution in [-0.2, 0) is 14.3 Å². The van der Waals surface area contributed by atoms with Crippen molar-refractivity contribution in [2.45, 2.75) is 58.5 Å². The Kier molecular flexibility index (Phi) is 3.44. The topological polar surface area (TPSA) is 35.5 Å². The van der Waals surface area contributed by atoms with Gasteiger partial charge in [0, 0.05) is 6.42 Å². The van der Waals surface area contributed by atoms with Crippen molar-refractivity contribution in [3.63, 3.8) is 0 Å². The number of rotatable bonds is 4. The third-order valence-electron chi connectivity index (χ3n) is 7.22. The van der Waals surface area contributed by atoms with Gasteiger partial charge in [0.2, 0.25) is 0 Å². The lowest BCUT2D eigenvalue weighted by atomic mass is 9.70. The van der Waals surface area contributed by atoms with Gasteiger partial charge < -0.3 is 14.3 Å². The summed E-state index contributed by atoms with van der Waals surface area (Å²) in [6.45, 7) is 7.19. The van der Waals surface area contributed by atoms with Crippen molar-refractivity contribution in [1.82, 2.24) is 0 Å². The van der Waals surface area contributed by atoms with Gasteiger partial charge in [-0.1, -0.05) is 51.1 Å². The van der Waals surface area contributed by atoms with Gasteiger partial charge in [0.05, 0.1) is 6.10 Å². The molecule has 23 heavy (non-hydrogen) atoms. The first-order valence-corrected chi connectivity index (χ1v) is 8.78. The van der Waals surface area contributed by atoms with Crippen molar-refractivity contribution >= 4 is 6.29 Å². The van der Waals surface area contributed by atoms with Crippen LogP contribution in [0.4, 0.5) is 0 Å². The average Bonchev–Trinajstić information content (AvgIpc) is 3.11. The molecule has 0 radical (unpaired) electrons. The molecule has 1 heterocycles. The van der Waals surface area contributed by atoms with Gasteiger partial charge in [0.1, 0.15) is 6.10 Å². The van der Waals surface area contributed by atoms with Gasteiger partial charge in [-0.25, -0.2) is 0 Å². The number of hydrogen-bond donors (Lipinski definition) is 0. The minimum absolute atomic E-state index is 0.240. The van der Waals surface area contributed by atoms with E-state index in [-0.39, 0.29) is 17.8 Å². The molecule has 0 aromatic heterocycles. The zero-order valence-electron chi connectivity index (χ0n) is 14.2. The van der Waals surface area contributed by atoms with Gasteiger partial charge >= 0.3 is 0 Å². The number of ether oxygens (including phenoxy) is 2. The third kappa shape index (κ3) is 2.06. The molecule has 0 N–H and O–H groups in total. The van der Waals surface area contributed by atoms with Crippen LogP contribution in [0.15, 0.2) is 30.3 Å². The molecule has 0 spiro atoms. The number of benzene rings is 1. The largest absolute Gasteiger partial charge is 0.348 e. The molecule has 2 aliphatic carbocycles. The molecule has 3 heteroatoms. The van der Waals surface area contributed by atoms with Crippen LogP contribution in [0.1, 0.15) is 51.7 Å². The van der Waals surface area contributed by atoms with Crippen LogP contribution in [0.5, 0.6) is 0 Å². The molecule has 2 saturated carbocycles. The Bertz CT molecular complexity index is 596. The lowest BCUT2D eigenvalue weighted by Gasteiger charge is -2.38. The second-order valence-electron chi connectivity index (χ2n) is 8.27. The second-order valence-corrected chi connectivity index (χ2v) is 8.27. The maximum atomic E-state index is 11.5. The lowest BCUT2D eigenvalue weighted by molar-refractivity contribution is -0.186. The highest BCUT2D eigenvalue weighted by molar-refractivity contribution is 5.59. The van der Waals surface area contributed by atoms with Crippen LogP contribution in [-0.4, -0.2) is 18.7 Å².